The smallest absolute Gasteiger partial charge is 0.252 e. The van der Waals surface area contributed by atoms with Crippen molar-refractivity contribution in [2.45, 2.75) is 45.9 Å². The highest BCUT2D eigenvalue weighted by molar-refractivity contribution is 7.09. The minimum Gasteiger partial charge on any atom is -0.486 e. The van der Waals surface area contributed by atoms with Crippen LogP contribution >= 0.6 is 11.3 Å². The molecule has 0 amide bonds. The number of hydrogen-bond acceptors (Lipinski definition) is 8. The number of fused-ring (bicyclic) bond motifs is 2. The third kappa shape index (κ3) is 4.62. The summed E-state index contributed by atoms with van der Waals surface area (Å²) in [5.74, 6) is 2.12. The Bertz CT molecular complexity index is 1320. The molecule has 0 fully saturated rings. The zero-order chi connectivity index (χ0) is 23.0. The number of tetrazole rings is 1. The summed E-state index contributed by atoms with van der Waals surface area (Å²) < 4.78 is 13.2. The minimum atomic E-state index is -0.241. The highest BCUT2D eigenvalue weighted by atomic mass is 32.1. The van der Waals surface area contributed by atoms with Crippen molar-refractivity contribution >= 4 is 22.2 Å². The first-order valence-corrected chi connectivity index (χ1v) is 11.7. The van der Waals surface area contributed by atoms with Crippen molar-refractivity contribution in [3.05, 3.63) is 62.3 Å². The van der Waals surface area contributed by atoms with Gasteiger partial charge in [-0.05, 0) is 54.8 Å². The van der Waals surface area contributed by atoms with Gasteiger partial charge >= 0.3 is 0 Å². The molecule has 1 aliphatic rings. The van der Waals surface area contributed by atoms with Crippen molar-refractivity contribution in [1.82, 2.24) is 30.1 Å². The van der Waals surface area contributed by atoms with Crippen LogP contribution in [0.2, 0.25) is 0 Å². The van der Waals surface area contributed by atoms with E-state index in [-0.39, 0.29) is 11.1 Å². The van der Waals surface area contributed by atoms with Crippen LogP contribution in [0.3, 0.4) is 0 Å². The Morgan fingerprint density at radius 1 is 1.12 bits per heavy atom. The van der Waals surface area contributed by atoms with Crippen LogP contribution in [0.25, 0.3) is 10.9 Å². The summed E-state index contributed by atoms with van der Waals surface area (Å²) in [5.41, 5.74) is 1.04. The predicted octanol–water partition coefficient (Wildman–Crippen LogP) is 3.30. The van der Waals surface area contributed by atoms with Crippen LogP contribution in [-0.2, 0) is 25.2 Å². The van der Waals surface area contributed by atoms with Crippen molar-refractivity contribution < 1.29 is 9.47 Å². The van der Waals surface area contributed by atoms with Crippen molar-refractivity contribution in [3.63, 3.8) is 0 Å². The Hall–Kier alpha value is -3.24. The van der Waals surface area contributed by atoms with Crippen LogP contribution in [0.5, 0.6) is 11.5 Å². The molecule has 5 rings (SSSR count). The van der Waals surface area contributed by atoms with Gasteiger partial charge < -0.3 is 14.5 Å². The summed E-state index contributed by atoms with van der Waals surface area (Å²) in [7, 11) is 0. The molecule has 3 aromatic heterocycles. The zero-order valence-electron chi connectivity index (χ0n) is 18.9. The fourth-order valence-electron chi connectivity index (χ4n) is 3.96. The number of benzene rings is 1. The maximum Gasteiger partial charge on any atom is 0.252 e. The first-order chi connectivity index (χ1) is 15.9. The number of nitrogens with one attached hydrogen (secondary N) is 1. The normalized spacial score (nSPS) is 13.7. The Balaban J connectivity index is 1.47. The molecule has 10 heteroatoms. The van der Waals surface area contributed by atoms with Crippen LogP contribution in [0.15, 0.2) is 40.5 Å². The maximum atomic E-state index is 13.0. The van der Waals surface area contributed by atoms with E-state index in [1.54, 1.807) is 11.3 Å². The van der Waals surface area contributed by atoms with E-state index >= 15 is 0 Å². The van der Waals surface area contributed by atoms with Gasteiger partial charge in [-0.2, -0.15) is 0 Å². The molecular formula is C23H26N6O3S. The van der Waals surface area contributed by atoms with Gasteiger partial charge in [0.25, 0.3) is 5.56 Å². The summed E-state index contributed by atoms with van der Waals surface area (Å²) in [6.45, 7) is 8.88. The van der Waals surface area contributed by atoms with E-state index in [1.165, 1.54) is 4.88 Å². The van der Waals surface area contributed by atoms with Gasteiger partial charge in [-0.1, -0.05) is 6.07 Å². The molecule has 0 bridgehead atoms. The van der Waals surface area contributed by atoms with Crippen molar-refractivity contribution in [2.24, 2.45) is 0 Å². The molecule has 1 aromatic carbocycles. The van der Waals surface area contributed by atoms with E-state index in [4.69, 9.17) is 9.47 Å². The summed E-state index contributed by atoms with van der Waals surface area (Å²) in [4.78, 5) is 19.4. The summed E-state index contributed by atoms with van der Waals surface area (Å²) >= 11 is 1.69. The molecule has 0 atom stereocenters. The van der Waals surface area contributed by atoms with Gasteiger partial charge in [-0.15, -0.1) is 16.4 Å². The molecule has 0 radical (unpaired) electrons. The van der Waals surface area contributed by atoms with Gasteiger partial charge in [0.2, 0.25) is 0 Å². The third-order valence-corrected chi connectivity index (χ3v) is 6.33. The van der Waals surface area contributed by atoms with Crippen LogP contribution in [-0.4, -0.2) is 43.3 Å². The monoisotopic (exact) mass is 466 g/mol. The Morgan fingerprint density at radius 3 is 2.64 bits per heavy atom. The molecule has 9 nitrogen and oxygen atoms in total. The number of hydrogen-bond donors (Lipinski definition) is 1. The van der Waals surface area contributed by atoms with E-state index in [0.717, 1.165) is 16.7 Å². The molecule has 0 aliphatic carbocycles. The lowest BCUT2D eigenvalue weighted by atomic mass is 10.1. The number of pyridine rings is 1. The number of ether oxygens (including phenoxy) is 2. The molecule has 4 aromatic rings. The second kappa shape index (κ2) is 8.60. The Labute approximate surface area is 194 Å². The molecule has 0 saturated heterocycles. The lowest BCUT2D eigenvalue weighted by Crippen LogP contribution is -2.31. The summed E-state index contributed by atoms with van der Waals surface area (Å²) in [6, 6.07) is 9.81. The average molecular weight is 467 g/mol. The number of rotatable bonds is 6. The van der Waals surface area contributed by atoms with Gasteiger partial charge in [-0.25, -0.2) is 4.68 Å². The van der Waals surface area contributed by atoms with Crippen LogP contribution in [0.4, 0.5) is 0 Å². The van der Waals surface area contributed by atoms with Gasteiger partial charge in [-0.3, -0.25) is 9.69 Å². The Morgan fingerprint density at radius 2 is 1.91 bits per heavy atom. The lowest BCUT2D eigenvalue weighted by Gasteiger charge is -2.25. The SMILES string of the molecule is CC(C)(C)n1nnnc1CN(Cc1cccs1)Cc1cc2cc3c(cc2[nH]c1=O)OCCO3. The lowest BCUT2D eigenvalue weighted by molar-refractivity contribution is 0.172. The summed E-state index contributed by atoms with van der Waals surface area (Å²) in [5, 5.41) is 15.3. The average Bonchev–Trinajstić information content (AvgIpc) is 3.45. The number of aromatic amines is 1. The van der Waals surface area contributed by atoms with Crippen molar-refractivity contribution in [2.75, 3.05) is 13.2 Å². The van der Waals surface area contributed by atoms with E-state index in [0.29, 0.717) is 49.9 Å². The van der Waals surface area contributed by atoms with Crippen LogP contribution < -0.4 is 15.0 Å². The summed E-state index contributed by atoms with van der Waals surface area (Å²) in [6.07, 6.45) is 0. The second-order valence-corrected chi connectivity index (χ2v) is 10.1. The molecule has 1 aliphatic heterocycles. The first-order valence-electron chi connectivity index (χ1n) is 10.8. The number of aromatic nitrogens is 5. The molecule has 0 saturated carbocycles. The third-order valence-electron chi connectivity index (χ3n) is 5.47. The van der Waals surface area contributed by atoms with Gasteiger partial charge in [0.05, 0.1) is 17.6 Å². The molecule has 0 spiro atoms. The van der Waals surface area contributed by atoms with E-state index < -0.39 is 0 Å². The fourth-order valence-corrected chi connectivity index (χ4v) is 4.71. The standard InChI is InChI=1S/C23H26N6O3S/c1-23(2,3)29-21(25-26-27-29)14-28(13-17-5-4-8-33-17)12-16-9-15-10-19-20(32-7-6-31-19)11-18(15)24-22(16)30/h4-5,8-11H,6-7,12-14H2,1-3H3,(H,24,30). The van der Waals surface area contributed by atoms with E-state index in [9.17, 15) is 4.79 Å². The van der Waals surface area contributed by atoms with Crippen LogP contribution in [0.1, 0.15) is 37.0 Å². The number of thiophene rings is 1. The second-order valence-electron chi connectivity index (χ2n) is 9.11. The van der Waals surface area contributed by atoms with Crippen molar-refractivity contribution in [1.29, 1.82) is 0 Å². The first kappa shape index (κ1) is 21.6. The Kier molecular flexibility index (Phi) is 5.63. The van der Waals surface area contributed by atoms with Crippen molar-refractivity contribution in [3.8, 4) is 11.5 Å². The highest BCUT2D eigenvalue weighted by Crippen LogP contribution is 2.33. The van der Waals surface area contributed by atoms with Gasteiger partial charge in [0.1, 0.15) is 13.2 Å². The predicted molar refractivity (Wildman–Crippen MR) is 126 cm³/mol. The molecular weight excluding hydrogens is 440 g/mol. The maximum absolute atomic E-state index is 13.0. The number of H-pyrrole nitrogens is 1. The molecule has 172 valence electrons. The van der Waals surface area contributed by atoms with Gasteiger partial charge in [0.15, 0.2) is 17.3 Å². The molecule has 33 heavy (non-hydrogen) atoms. The molecule has 1 N–H and O–H groups in total. The zero-order valence-corrected chi connectivity index (χ0v) is 19.7. The number of nitrogens with zero attached hydrogens (tertiary/aromatic N) is 5. The van der Waals surface area contributed by atoms with E-state index in [1.807, 2.05) is 28.9 Å². The quantitative estimate of drug-likeness (QED) is 0.466. The van der Waals surface area contributed by atoms with Gasteiger partial charge in [0, 0.05) is 35.0 Å². The highest BCUT2D eigenvalue weighted by Gasteiger charge is 2.22. The molecule has 0 unspecified atom stereocenters. The van der Waals surface area contributed by atoms with E-state index in [2.05, 4.69) is 57.6 Å². The minimum absolute atomic E-state index is 0.120. The molecule has 4 heterocycles. The van der Waals surface area contributed by atoms with Crippen LogP contribution in [0, 0.1) is 0 Å². The largest absolute Gasteiger partial charge is 0.486 e. The fraction of sp³-hybridized carbons (Fsp3) is 0.391. The topological polar surface area (TPSA) is 98.2 Å².